The molecule has 3 aromatic heterocycles. The highest BCUT2D eigenvalue weighted by Crippen LogP contribution is 2.53. The van der Waals surface area contributed by atoms with Gasteiger partial charge in [0.05, 0.1) is 0 Å². The molecule has 0 aliphatic heterocycles. The summed E-state index contributed by atoms with van der Waals surface area (Å²) in [6, 6.07) is 53.7. The summed E-state index contributed by atoms with van der Waals surface area (Å²) in [7, 11) is 0. The number of benzene rings is 7. The number of aromatic nitrogens is 4. The van der Waals surface area contributed by atoms with Gasteiger partial charge in [0.25, 0.3) is 0 Å². The number of para-hydroxylation sites is 1. The summed E-state index contributed by atoms with van der Waals surface area (Å²) in [4.78, 5) is 20.0. The van der Waals surface area contributed by atoms with E-state index in [0.29, 0.717) is 23.4 Å². The lowest BCUT2D eigenvalue weighted by molar-refractivity contribution is 0.618. The predicted molar refractivity (Wildman–Crippen MR) is 219 cm³/mol. The largest absolute Gasteiger partial charge is 0.455 e. The zero-order valence-corrected chi connectivity index (χ0v) is 30.1. The molecule has 0 amide bonds. The molecule has 0 N–H and O–H groups in total. The van der Waals surface area contributed by atoms with Gasteiger partial charge in [-0.05, 0) is 64.7 Å². The molecular weight excluding hydrogens is 677 g/mol. The van der Waals surface area contributed by atoms with E-state index in [4.69, 9.17) is 28.8 Å². The minimum absolute atomic E-state index is 0.270. The molecule has 0 atom stereocenters. The molecule has 260 valence electrons. The van der Waals surface area contributed by atoms with Gasteiger partial charge in [-0.15, -0.1) is 0 Å². The minimum atomic E-state index is -0.270. The van der Waals surface area contributed by atoms with E-state index in [-0.39, 0.29) is 5.41 Å². The van der Waals surface area contributed by atoms with Crippen molar-refractivity contribution in [2.45, 2.75) is 19.3 Å². The molecule has 0 saturated carbocycles. The summed E-state index contributed by atoms with van der Waals surface area (Å²) in [5.74, 6) is 2.45. The number of hydrogen-bond donors (Lipinski definition) is 0. The summed E-state index contributed by atoms with van der Waals surface area (Å²) in [6.45, 7) is 4.58. The molecular formula is C49H32N4O2. The molecule has 1 aliphatic rings. The van der Waals surface area contributed by atoms with Crippen molar-refractivity contribution in [1.82, 2.24) is 19.9 Å². The maximum Gasteiger partial charge on any atom is 0.227 e. The molecule has 1 aliphatic carbocycles. The number of oxazole rings is 1. The Balaban J connectivity index is 1.10. The van der Waals surface area contributed by atoms with Crippen molar-refractivity contribution in [2.75, 3.05) is 0 Å². The van der Waals surface area contributed by atoms with Crippen molar-refractivity contribution in [3.63, 3.8) is 0 Å². The van der Waals surface area contributed by atoms with Crippen molar-refractivity contribution >= 4 is 33.0 Å². The van der Waals surface area contributed by atoms with Gasteiger partial charge >= 0.3 is 0 Å². The van der Waals surface area contributed by atoms with Gasteiger partial charge in [0.2, 0.25) is 5.89 Å². The average Bonchev–Trinajstić information content (AvgIpc) is 3.92. The first-order chi connectivity index (χ1) is 27.0. The summed E-state index contributed by atoms with van der Waals surface area (Å²) in [6.07, 6.45) is 0. The Morgan fingerprint density at radius 2 is 1.04 bits per heavy atom. The highest BCUT2D eigenvalue weighted by Gasteiger charge is 2.38. The molecule has 6 heteroatoms. The van der Waals surface area contributed by atoms with Gasteiger partial charge in [-0.2, -0.15) is 0 Å². The molecule has 0 radical (unpaired) electrons. The topological polar surface area (TPSA) is 77.8 Å². The molecule has 7 aromatic carbocycles. The fraction of sp³-hybridized carbons (Fsp3) is 0.0612. The number of fused-ring (bicyclic) bond motifs is 8. The molecule has 6 nitrogen and oxygen atoms in total. The van der Waals surface area contributed by atoms with Crippen LogP contribution >= 0.6 is 0 Å². The Morgan fingerprint density at radius 3 is 1.75 bits per heavy atom. The van der Waals surface area contributed by atoms with Crippen molar-refractivity contribution < 1.29 is 8.83 Å². The van der Waals surface area contributed by atoms with Crippen LogP contribution in [0.2, 0.25) is 0 Å². The van der Waals surface area contributed by atoms with Crippen LogP contribution in [-0.2, 0) is 5.41 Å². The van der Waals surface area contributed by atoms with Gasteiger partial charge < -0.3 is 8.83 Å². The summed E-state index contributed by atoms with van der Waals surface area (Å²) in [5.41, 5.74) is 13.5. The molecule has 0 bridgehead atoms. The van der Waals surface area contributed by atoms with E-state index in [0.717, 1.165) is 77.5 Å². The third-order valence-electron chi connectivity index (χ3n) is 11.0. The normalized spacial score (nSPS) is 13.1. The first kappa shape index (κ1) is 31.4. The fourth-order valence-electron chi connectivity index (χ4n) is 8.25. The Morgan fingerprint density at radius 1 is 0.436 bits per heavy atom. The highest BCUT2D eigenvalue weighted by molar-refractivity contribution is 6.16. The molecule has 55 heavy (non-hydrogen) atoms. The van der Waals surface area contributed by atoms with E-state index in [1.165, 1.54) is 11.1 Å². The van der Waals surface area contributed by atoms with Crippen molar-refractivity contribution in [1.29, 1.82) is 0 Å². The van der Waals surface area contributed by atoms with Crippen LogP contribution in [0, 0.1) is 0 Å². The zero-order valence-electron chi connectivity index (χ0n) is 30.1. The lowest BCUT2D eigenvalue weighted by Gasteiger charge is -2.22. The molecule has 11 rings (SSSR count). The molecule has 0 saturated heterocycles. The highest BCUT2D eigenvalue weighted by atomic mass is 16.3. The van der Waals surface area contributed by atoms with E-state index in [2.05, 4.69) is 68.4 Å². The van der Waals surface area contributed by atoms with E-state index < -0.39 is 0 Å². The Kier molecular flexibility index (Phi) is 6.79. The summed E-state index contributed by atoms with van der Waals surface area (Å²) in [5, 5.41) is 1.98. The van der Waals surface area contributed by atoms with Gasteiger partial charge in [-0.3, -0.25) is 0 Å². The van der Waals surface area contributed by atoms with Crippen molar-refractivity contribution in [3.8, 4) is 67.9 Å². The second-order valence-corrected chi connectivity index (χ2v) is 14.6. The predicted octanol–water partition coefficient (Wildman–Crippen LogP) is 12.6. The molecule has 0 spiro atoms. The van der Waals surface area contributed by atoms with E-state index in [1.807, 2.05) is 103 Å². The molecule has 0 unspecified atom stereocenters. The lowest BCUT2D eigenvalue weighted by atomic mass is 9.81. The Hall–Kier alpha value is -7.18. The maximum atomic E-state index is 6.77. The fourth-order valence-corrected chi connectivity index (χ4v) is 8.25. The Labute approximate surface area is 316 Å². The molecule has 3 heterocycles. The van der Waals surface area contributed by atoms with Crippen molar-refractivity contribution in [2.24, 2.45) is 0 Å². The molecule has 10 aromatic rings. The zero-order chi connectivity index (χ0) is 36.7. The maximum absolute atomic E-state index is 6.77. The minimum Gasteiger partial charge on any atom is -0.455 e. The summed E-state index contributed by atoms with van der Waals surface area (Å²) >= 11 is 0. The molecule has 0 fully saturated rings. The van der Waals surface area contributed by atoms with Crippen LogP contribution in [0.15, 0.2) is 167 Å². The van der Waals surface area contributed by atoms with Crippen LogP contribution in [0.1, 0.15) is 25.0 Å². The van der Waals surface area contributed by atoms with E-state index >= 15 is 0 Å². The average molecular weight is 709 g/mol. The van der Waals surface area contributed by atoms with Crippen LogP contribution in [0.4, 0.5) is 0 Å². The smallest absolute Gasteiger partial charge is 0.227 e. The van der Waals surface area contributed by atoms with Crippen LogP contribution < -0.4 is 0 Å². The first-order valence-corrected chi connectivity index (χ1v) is 18.5. The number of nitrogens with zero attached hydrogens (tertiary/aromatic N) is 4. The van der Waals surface area contributed by atoms with Crippen LogP contribution in [0.5, 0.6) is 0 Å². The lowest BCUT2D eigenvalue weighted by Crippen LogP contribution is -2.15. The Bertz CT molecular complexity index is 3050. The standard InChI is InChI=1S/C49H32N4O2/c1-49(2)37-26-27-39-44(55-48(50-39)31-18-10-5-11-19-31)42(37)34-23-22-32(28-38(34)49)33-24-25-36(41-35-20-12-13-21-40(35)54-43(33)41)47-52-45(29-14-6-3-7-15-29)51-46(53-47)30-16-8-4-9-17-30/h3-28H,1-2H3. The van der Waals surface area contributed by atoms with Gasteiger partial charge in [0.15, 0.2) is 23.1 Å². The summed E-state index contributed by atoms with van der Waals surface area (Å²) < 4.78 is 13.3. The van der Waals surface area contributed by atoms with Gasteiger partial charge in [0.1, 0.15) is 16.7 Å². The number of furan rings is 1. The second kappa shape index (κ2) is 11.9. The SMILES string of the molecule is CC1(C)c2cc(-c3ccc(-c4nc(-c5ccccc5)nc(-c5ccccc5)n4)c4c3oc3ccccc34)ccc2-c2c1ccc1nc(-c3ccccc3)oc21. The van der Waals surface area contributed by atoms with Gasteiger partial charge in [-0.1, -0.05) is 129 Å². The quantitative estimate of drug-likeness (QED) is 0.177. The van der Waals surface area contributed by atoms with Crippen LogP contribution in [0.3, 0.4) is 0 Å². The third kappa shape index (κ3) is 4.88. The van der Waals surface area contributed by atoms with Crippen molar-refractivity contribution in [3.05, 3.63) is 169 Å². The second-order valence-electron chi connectivity index (χ2n) is 14.6. The first-order valence-electron chi connectivity index (χ1n) is 18.5. The van der Waals surface area contributed by atoms with E-state index in [1.54, 1.807) is 0 Å². The monoisotopic (exact) mass is 708 g/mol. The van der Waals surface area contributed by atoms with Gasteiger partial charge in [0, 0.05) is 49.6 Å². The van der Waals surface area contributed by atoms with E-state index in [9.17, 15) is 0 Å². The number of hydrogen-bond acceptors (Lipinski definition) is 6. The van der Waals surface area contributed by atoms with Gasteiger partial charge in [-0.25, -0.2) is 19.9 Å². The third-order valence-corrected chi connectivity index (χ3v) is 11.0. The van der Waals surface area contributed by atoms with Crippen LogP contribution in [-0.4, -0.2) is 19.9 Å². The van der Waals surface area contributed by atoms with Crippen LogP contribution in [0.25, 0.3) is 101 Å². The number of rotatable bonds is 5.